The Morgan fingerprint density at radius 3 is 2.69 bits per heavy atom. The van der Waals surface area contributed by atoms with E-state index in [-0.39, 0.29) is 5.56 Å². The molecule has 3 rings (SSSR count). The minimum Gasteiger partial charge on any atom is -0.385 e. The van der Waals surface area contributed by atoms with E-state index >= 15 is 0 Å². The fraction of sp³-hybridized carbons (Fsp3) is 0.308. The van der Waals surface area contributed by atoms with Gasteiger partial charge in [0, 0.05) is 11.4 Å². The first-order valence-electron chi connectivity index (χ1n) is 5.67. The van der Waals surface area contributed by atoms with Crippen LogP contribution in [-0.4, -0.2) is 4.57 Å². The largest absolute Gasteiger partial charge is 0.385 e. The molecule has 1 aromatic heterocycles. The van der Waals surface area contributed by atoms with Crippen LogP contribution in [0.15, 0.2) is 35.1 Å². The van der Waals surface area contributed by atoms with Gasteiger partial charge in [0.1, 0.15) is 5.82 Å². The molecular formula is C13H14N2O. The van der Waals surface area contributed by atoms with E-state index in [0.29, 0.717) is 11.9 Å². The second-order valence-corrected chi connectivity index (χ2v) is 4.42. The zero-order valence-electron chi connectivity index (χ0n) is 9.02. The van der Waals surface area contributed by atoms with Gasteiger partial charge in [0.15, 0.2) is 0 Å². The van der Waals surface area contributed by atoms with Crippen molar-refractivity contribution in [1.29, 1.82) is 0 Å². The molecule has 2 N–H and O–H groups in total. The Balaban J connectivity index is 2.32. The molecule has 0 saturated heterocycles. The molecule has 0 atom stereocenters. The summed E-state index contributed by atoms with van der Waals surface area (Å²) in [6, 6.07) is 9.83. The van der Waals surface area contributed by atoms with Gasteiger partial charge in [-0.2, -0.15) is 0 Å². The molecule has 0 bridgehead atoms. The predicted octanol–water partition coefficient (Wildman–Crippen LogP) is 2.31. The van der Waals surface area contributed by atoms with Gasteiger partial charge in [-0.1, -0.05) is 18.2 Å². The Morgan fingerprint density at radius 1 is 1.25 bits per heavy atom. The smallest absolute Gasteiger partial charge is 0.260 e. The molecule has 1 aliphatic carbocycles. The van der Waals surface area contributed by atoms with Crippen LogP contribution >= 0.6 is 0 Å². The minimum absolute atomic E-state index is 0.0558. The summed E-state index contributed by atoms with van der Waals surface area (Å²) in [6.45, 7) is 0. The first-order valence-corrected chi connectivity index (χ1v) is 5.67. The highest BCUT2D eigenvalue weighted by molar-refractivity contribution is 5.83. The molecule has 1 aromatic carbocycles. The van der Waals surface area contributed by atoms with Crippen LogP contribution < -0.4 is 11.3 Å². The van der Waals surface area contributed by atoms with E-state index in [1.165, 1.54) is 6.42 Å². The van der Waals surface area contributed by atoms with Crippen LogP contribution in [-0.2, 0) is 0 Å². The molecule has 3 heteroatoms. The number of fused-ring (bicyclic) bond motifs is 1. The Hall–Kier alpha value is -1.77. The first-order chi connectivity index (χ1) is 7.77. The number of nitrogens with two attached hydrogens (primary N) is 1. The third kappa shape index (κ3) is 1.24. The number of rotatable bonds is 1. The van der Waals surface area contributed by atoms with Crippen molar-refractivity contribution in [3.8, 4) is 0 Å². The zero-order valence-corrected chi connectivity index (χ0v) is 9.02. The summed E-state index contributed by atoms with van der Waals surface area (Å²) < 4.78 is 1.76. The molecule has 82 valence electrons. The molecule has 16 heavy (non-hydrogen) atoms. The Bertz CT molecular complexity index is 596. The van der Waals surface area contributed by atoms with Crippen LogP contribution in [0.3, 0.4) is 0 Å². The summed E-state index contributed by atoms with van der Waals surface area (Å²) in [6.07, 6.45) is 3.34. The summed E-state index contributed by atoms with van der Waals surface area (Å²) in [5, 5.41) is 1.70. The lowest BCUT2D eigenvalue weighted by Gasteiger charge is -2.29. The molecule has 0 unspecified atom stereocenters. The summed E-state index contributed by atoms with van der Waals surface area (Å²) in [7, 11) is 0. The molecular weight excluding hydrogens is 200 g/mol. The van der Waals surface area contributed by atoms with Gasteiger partial charge >= 0.3 is 0 Å². The first kappa shape index (κ1) is 9.46. The molecule has 2 aromatic rings. The van der Waals surface area contributed by atoms with Gasteiger partial charge in [-0.15, -0.1) is 0 Å². The van der Waals surface area contributed by atoms with E-state index in [2.05, 4.69) is 0 Å². The summed E-state index contributed by atoms with van der Waals surface area (Å²) in [5.74, 6) is 0.591. The number of pyridine rings is 1. The van der Waals surface area contributed by atoms with E-state index in [4.69, 9.17) is 5.73 Å². The number of hydrogen-bond acceptors (Lipinski definition) is 2. The van der Waals surface area contributed by atoms with E-state index in [9.17, 15) is 4.79 Å². The Morgan fingerprint density at radius 2 is 2.00 bits per heavy atom. The fourth-order valence-corrected chi connectivity index (χ4v) is 2.32. The van der Waals surface area contributed by atoms with Crippen molar-refractivity contribution in [3.05, 3.63) is 40.7 Å². The second-order valence-electron chi connectivity index (χ2n) is 4.42. The van der Waals surface area contributed by atoms with Gasteiger partial charge in [-0.25, -0.2) is 0 Å². The van der Waals surface area contributed by atoms with Crippen molar-refractivity contribution in [1.82, 2.24) is 4.57 Å². The van der Waals surface area contributed by atoms with Crippen molar-refractivity contribution < 1.29 is 0 Å². The van der Waals surface area contributed by atoms with Gasteiger partial charge in [0.25, 0.3) is 5.56 Å². The van der Waals surface area contributed by atoms with Crippen molar-refractivity contribution >= 4 is 16.6 Å². The number of nitrogens with zero attached hydrogens (tertiary/aromatic N) is 1. The third-order valence-electron chi connectivity index (χ3n) is 3.43. The maximum absolute atomic E-state index is 12.3. The molecule has 1 heterocycles. The summed E-state index contributed by atoms with van der Waals surface area (Å²) in [4.78, 5) is 12.3. The van der Waals surface area contributed by atoms with Crippen molar-refractivity contribution in [3.63, 3.8) is 0 Å². The molecule has 1 fully saturated rings. The minimum atomic E-state index is 0.0558. The molecule has 1 aliphatic rings. The van der Waals surface area contributed by atoms with Crippen LogP contribution in [0.2, 0.25) is 0 Å². The Kier molecular flexibility index (Phi) is 1.99. The average molecular weight is 214 g/mol. The van der Waals surface area contributed by atoms with Crippen LogP contribution in [0, 0.1) is 0 Å². The molecule has 1 saturated carbocycles. The third-order valence-corrected chi connectivity index (χ3v) is 3.43. The number of hydrogen-bond donors (Lipinski definition) is 1. The lowest BCUT2D eigenvalue weighted by Crippen LogP contribution is -2.30. The van der Waals surface area contributed by atoms with Gasteiger partial charge in [0.05, 0.1) is 0 Å². The highest BCUT2D eigenvalue weighted by Gasteiger charge is 2.22. The molecule has 0 spiro atoms. The SMILES string of the molecule is Nc1cc2ccccc2c(=O)n1C1CCC1. The molecule has 0 amide bonds. The van der Waals surface area contributed by atoms with Crippen LogP contribution in [0.25, 0.3) is 10.8 Å². The van der Waals surface area contributed by atoms with E-state index < -0.39 is 0 Å². The maximum atomic E-state index is 12.3. The standard InChI is InChI=1S/C13H14N2O/c14-12-8-9-4-1-2-7-11(9)13(16)15(12)10-5-3-6-10/h1-2,4,7-8,10H,3,5-6,14H2. The van der Waals surface area contributed by atoms with Crippen LogP contribution in [0.5, 0.6) is 0 Å². The monoisotopic (exact) mass is 214 g/mol. The van der Waals surface area contributed by atoms with Gasteiger partial charge in [-0.3, -0.25) is 9.36 Å². The number of nitrogen functional groups attached to an aromatic ring is 1. The average Bonchev–Trinajstić information content (AvgIpc) is 2.21. The highest BCUT2D eigenvalue weighted by atomic mass is 16.1. The predicted molar refractivity (Wildman–Crippen MR) is 65.5 cm³/mol. The van der Waals surface area contributed by atoms with Gasteiger partial charge in [-0.05, 0) is 36.8 Å². The number of anilines is 1. The van der Waals surface area contributed by atoms with Crippen LogP contribution in [0.1, 0.15) is 25.3 Å². The van der Waals surface area contributed by atoms with E-state index in [1.54, 1.807) is 4.57 Å². The van der Waals surface area contributed by atoms with Crippen molar-refractivity contribution in [2.75, 3.05) is 5.73 Å². The van der Waals surface area contributed by atoms with Gasteiger partial charge < -0.3 is 5.73 Å². The second kappa shape index (κ2) is 3.37. The van der Waals surface area contributed by atoms with Crippen molar-refractivity contribution in [2.45, 2.75) is 25.3 Å². The van der Waals surface area contributed by atoms with E-state index in [1.807, 2.05) is 30.3 Å². The molecule has 0 radical (unpaired) electrons. The normalized spacial score (nSPS) is 16.2. The van der Waals surface area contributed by atoms with E-state index in [0.717, 1.165) is 23.6 Å². The maximum Gasteiger partial charge on any atom is 0.260 e. The molecule has 3 nitrogen and oxygen atoms in total. The molecule has 0 aliphatic heterocycles. The fourth-order valence-electron chi connectivity index (χ4n) is 2.32. The highest BCUT2D eigenvalue weighted by Crippen LogP contribution is 2.32. The number of benzene rings is 1. The quantitative estimate of drug-likeness (QED) is 0.791. The topological polar surface area (TPSA) is 48.0 Å². The Labute approximate surface area is 93.5 Å². The lowest BCUT2D eigenvalue weighted by atomic mass is 9.92. The summed E-state index contributed by atoms with van der Waals surface area (Å²) in [5.41, 5.74) is 6.02. The van der Waals surface area contributed by atoms with Crippen molar-refractivity contribution in [2.24, 2.45) is 0 Å². The number of aromatic nitrogens is 1. The van der Waals surface area contributed by atoms with Gasteiger partial charge in [0.2, 0.25) is 0 Å². The summed E-state index contributed by atoms with van der Waals surface area (Å²) >= 11 is 0. The lowest BCUT2D eigenvalue weighted by molar-refractivity contribution is 0.311. The van der Waals surface area contributed by atoms with Crippen LogP contribution in [0.4, 0.5) is 5.82 Å². The zero-order chi connectivity index (χ0) is 11.1.